The number of benzene rings is 2. The maximum absolute atomic E-state index is 13.4. The Labute approximate surface area is 193 Å². The van der Waals surface area contributed by atoms with E-state index in [9.17, 15) is 9.18 Å². The van der Waals surface area contributed by atoms with Crippen LogP contribution in [0.2, 0.25) is 0 Å². The molecule has 2 aromatic carbocycles. The number of hydrogen-bond donors (Lipinski definition) is 1. The predicted molar refractivity (Wildman–Crippen MR) is 127 cm³/mol. The van der Waals surface area contributed by atoms with Crippen molar-refractivity contribution in [3.05, 3.63) is 77.7 Å². The molecule has 1 aliphatic rings. The number of anilines is 1. The van der Waals surface area contributed by atoms with E-state index < -0.39 is 0 Å². The summed E-state index contributed by atoms with van der Waals surface area (Å²) >= 11 is 0. The van der Waals surface area contributed by atoms with Gasteiger partial charge < -0.3 is 15.0 Å². The summed E-state index contributed by atoms with van der Waals surface area (Å²) in [6, 6.07) is 16.6. The zero-order valence-electron chi connectivity index (χ0n) is 18.8. The van der Waals surface area contributed by atoms with Crippen molar-refractivity contribution in [3.63, 3.8) is 0 Å². The van der Waals surface area contributed by atoms with E-state index in [1.54, 1.807) is 25.4 Å². The summed E-state index contributed by atoms with van der Waals surface area (Å²) in [5, 5.41) is 2.87. The van der Waals surface area contributed by atoms with Gasteiger partial charge in [0.1, 0.15) is 17.2 Å². The molecular formula is C26H29FN4O2. The lowest BCUT2D eigenvalue weighted by atomic mass is 9.90. The van der Waals surface area contributed by atoms with Crippen molar-refractivity contribution < 1.29 is 13.9 Å². The van der Waals surface area contributed by atoms with Gasteiger partial charge in [0.2, 0.25) is 0 Å². The van der Waals surface area contributed by atoms with Gasteiger partial charge in [0.05, 0.1) is 6.61 Å². The number of methoxy groups -OCH3 is 1. The highest BCUT2D eigenvalue weighted by atomic mass is 19.1. The Hall–Kier alpha value is -3.32. The zero-order chi connectivity index (χ0) is 23.0. The van der Waals surface area contributed by atoms with E-state index in [-0.39, 0.29) is 11.7 Å². The number of piperidine rings is 1. The average molecular weight is 449 g/mol. The molecule has 0 aliphatic carbocycles. The van der Waals surface area contributed by atoms with Gasteiger partial charge in [-0.15, -0.1) is 0 Å². The Kier molecular flexibility index (Phi) is 7.62. The number of hydrogen-bond acceptors (Lipinski definition) is 5. The van der Waals surface area contributed by atoms with Crippen LogP contribution in [-0.4, -0.2) is 49.2 Å². The number of nitrogens with one attached hydrogen (secondary N) is 1. The van der Waals surface area contributed by atoms with Crippen LogP contribution >= 0.6 is 0 Å². The molecule has 1 fully saturated rings. The first kappa shape index (κ1) is 22.9. The van der Waals surface area contributed by atoms with E-state index in [2.05, 4.69) is 39.5 Å². The van der Waals surface area contributed by atoms with E-state index in [4.69, 9.17) is 9.72 Å². The summed E-state index contributed by atoms with van der Waals surface area (Å²) < 4.78 is 18.4. The number of rotatable bonds is 8. The van der Waals surface area contributed by atoms with Gasteiger partial charge in [0.15, 0.2) is 5.82 Å². The van der Waals surface area contributed by atoms with Crippen molar-refractivity contribution in [2.75, 3.05) is 38.3 Å². The minimum atomic E-state index is -0.311. The third-order valence-electron chi connectivity index (χ3n) is 5.99. The lowest BCUT2D eigenvalue weighted by Crippen LogP contribution is -2.37. The molecule has 1 amide bonds. The van der Waals surface area contributed by atoms with E-state index in [1.807, 2.05) is 6.07 Å². The normalized spacial score (nSPS) is 14.3. The first-order valence-electron chi connectivity index (χ1n) is 11.3. The number of halogens is 1. The number of amides is 1. The number of carbonyl (C=O) groups excluding carboxylic acids is 1. The van der Waals surface area contributed by atoms with Gasteiger partial charge in [0, 0.05) is 38.5 Å². The molecule has 1 saturated heterocycles. The molecule has 33 heavy (non-hydrogen) atoms. The summed E-state index contributed by atoms with van der Waals surface area (Å²) in [5.74, 6) is 1.16. The van der Waals surface area contributed by atoms with E-state index in [0.717, 1.165) is 32.4 Å². The highest BCUT2D eigenvalue weighted by Crippen LogP contribution is 2.28. The standard InChI is InChI=1S/C26H29FN4O2/c1-33-16-13-28-26(32)23-18-29-24(21-7-9-22(27)10-8-21)30-25(23)31-14-11-20(12-15-31)17-19-5-3-2-4-6-19/h2-10,18,20H,11-17H2,1H3,(H,28,32). The molecule has 0 spiro atoms. The zero-order valence-corrected chi connectivity index (χ0v) is 18.8. The van der Waals surface area contributed by atoms with Crippen LogP contribution in [0.5, 0.6) is 0 Å². The largest absolute Gasteiger partial charge is 0.383 e. The maximum Gasteiger partial charge on any atom is 0.256 e. The van der Waals surface area contributed by atoms with Crippen molar-refractivity contribution in [1.82, 2.24) is 15.3 Å². The summed E-state index contributed by atoms with van der Waals surface area (Å²) in [7, 11) is 1.60. The fourth-order valence-electron chi connectivity index (χ4n) is 4.17. The molecule has 7 heteroatoms. The highest BCUT2D eigenvalue weighted by molar-refractivity contribution is 5.99. The SMILES string of the molecule is COCCNC(=O)c1cnc(-c2ccc(F)cc2)nc1N1CCC(Cc2ccccc2)CC1. The molecule has 0 unspecified atom stereocenters. The van der Waals surface area contributed by atoms with Crippen LogP contribution in [0, 0.1) is 11.7 Å². The quantitative estimate of drug-likeness (QED) is 0.525. The van der Waals surface area contributed by atoms with E-state index in [1.165, 1.54) is 17.7 Å². The lowest BCUT2D eigenvalue weighted by Gasteiger charge is -2.34. The molecule has 0 atom stereocenters. The third-order valence-corrected chi connectivity index (χ3v) is 5.99. The Balaban J connectivity index is 1.54. The molecular weight excluding hydrogens is 419 g/mol. The molecule has 6 nitrogen and oxygen atoms in total. The lowest BCUT2D eigenvalue weighted by molar-refractivity contribution is 0.0937. The van der Waals surface area contributed by atoms with Crippen LogP contribution < -0.4 is 10.2 Å². The predicted octanol–water partition coefficient (Wildman–Crippen LogP) is 4.12. The van der Waals surface area contributed by atoms with Crippen LogP contribution in [0.1, 0.15) is 28.8 Å². The molecule has 4 rings (SSSR count). The minimum Gasteiger partial charge on any atom is -0.383 e. The van der Waals surface area contributed by atoms with Crippen LogP contribution in [0.25, 0.3) is 11.4 Å². The number of nitrogens with zero attached hydrogens (tertiary/aromatic N) is 3. The summed E-state index contributed by atoms with van der Waals surface area (Å²) in [5.41, 5.74) is 2.51. The second-order valence-electron chi connectivity index (χ2n) is 8.31. The molecule has 0 saturated carbocycles. The van der Waals surface area contributed by atoms with Gasteiger partial charge in [-0.2, -0.15) is 0 Å². The molecule has 0 radical (unpaired) electrons. The smallest absolute Gasteiger partial charge is 0.256 e. The number of carbonyl (C=O) groups is 1. The van der Waals surface area contributed by atoms with Gasteiger partial charge >= 0.3 is 0 Å². The van der Waals surface area contributed by atoms with Crippen molar-refractivity contribution in [3.8, 4) is 11.4 Å². The van der Waals surface area contributed by atoms with Crippen LogP contribution in [-0.2, 0) is 11.2 Å². The average Bonchev–Trinajstić information content (AvgIpc) is 2.85. The monoisotopic (exact) mass is 448 g/mol. The Morgan fingerprint density at radius 3 is 2.55 bits per heavy atom. The van der Waals surface area contributed by atoms with Gasteiger partial charge in [0.25, 0.3) is 5.91 Å². The Morgan fingerprint density at radius 2 is 1.85 bits per heavy atom. The van der Waals surface area contributed by atoms with Crippen molar-refractivity contribution >= 4 is 11.7 Å². The van der Waals surface area contributed by atoms with Gasteiger partial charge in [-0.25, -0.2) is 14.4 Å². The molecule has 1 aliphatic heterocycles. The molecule has 0 bridgehead atoms. The Bertz CT molecular complexity index is 1050. The van der Waals surface area contributed by atoms with Gasteiger partial charge in [-0.05, 0) is 55.0 Å². The van der Waals surface area contributed by atoms with E-state index in [0.29, 0.717) is 41.8 Å². The number of aromatic nitrogens is 2. The second kappa shape index (κ2) is 11.0. The molecule has 3 aromatic rings. The van der Waals surface area contributed by atoms with Crippen molar-refractivity contribution in [2.24, 2.45) is 5.92 Å². The number of ether oxygens (including phenoxy) is 1. The fraction of sp³-hybridized carbons (Fsp3) is 0.346. The van der Waals surface area contributed by atoms with Gasteiger partial charge in [-0.1, -0.05) is 30.3 Å². The fourth-order valence-corrected chi connectivity index (χ4v) is 4.17. The summed E-state index contributed by atoms with van der Waals surface area (Å²) in [6.45, 7) is 2.47. The Morgan fingerprint density at radius 1 is 1.12 bits per heavy atom. The summed E-state index contributed by atoms with van der Waals surface area (Å²) in [6.07, 6.45) is 4.67. The summed E-state index contributed by atoms with van der Waals surface area (Å²) in [4.78, 5) is 24.2. The van der Waals surface area contributed by atoms with Crippen molar-refractivity contribution in [2.45, 2.75) is 19.3 Å². The second-order valence-corrected chi connectivity index (χ2v) is 8.31. The molecule has 2 heterocycles. The maximum atomic E-state index is 13.4. The van der Waals surface area contributed by atoms with Crippen LogP contribution in [0.15, 0.2) is 60.8 Å². The van der Waals surface area contributed by atoms with E-state index >= 15 is 0 Å². The first-order valence-corrected chi connectivity index (χ1v) is 11.3. The third kappa shape index (κ3) is 5.93. The molecule has 172 valence electrons. The van der Waals surface area contributed by atoms with Crippen LogP contribution in [0.4, 0.5) is 10.2 Å². The van der Waals surface area contributed by atoms with Crippen molar-refractivity contribution in [1.29, 1.82) is 0 Å². The van der Waals surface area contributed by atoms with Gasteiger partial charge in [-0.3, -0.25) is 4.79 Å². The molecule has 1 N–H and O–H groups in total. The highest BCUT2D eigenvalue weighted by Gasteiger charge is 2.25. The van der Waals surface area contributed by atoms with Crippen LogP contribution in [0.3, 0.4) is 0 Å². The minimum absolute atomic E-state index is 0.223. The first-order chi connectivity index (χ1) is 16.1. The molecule has 1 aromatic heterocycles. The topological polar surface area (TPSA) is 67.3 Å².